The van der Waals surface area contributed by atoms with Crippen LogP contribution in [0.1, 0.15) is 25.8 Å². The van der Waals surface area contributed by atoms with Gasteiger partial charge >= 0.3 is 0 Å². The second-order valence-corrected chi connectivity index (χ2v) is 4.58. The molecule has 0 saturated carbocycles. The minimum absolute atomic E-state index is 0.392. The zero-order valence-corrected chi connectivity index (χ0v) is 12.0. The first-order valence-corrected chi connectivity index (χ1v) is 6.96. The van der Waals surface area contributed by atoms with Crippen molar-refractivity contribution in [3.63, 3.8) is 0 Å². The van der Waals surface area contributed by atoms with Gasteiger partial charge in [0.15, 0.2) is 5.96 Å². The summed E-state index contributed by atoms with van der Waals surface area (Å²) in [7, 11) is 0. The molecular formula is C16H25N3. The maximum Gasteiger partial charge on any atom is 0.191 e. The molecule has 3 nitrogen and oxygen atoms in total. The summed E-state index contributed by atoms with van der Waals surface area (Å²) in [4.78, 5) is 4.40. The minimum Gasteiger partial charge on any atom is -0.357 e. The smallest absolute Gasteiger partial charge is 0.191 e. The summed E-state index contributed by atoms with van der Waals surface area (Å²) < 4.78 is 0. The van der Waals surface area contributed by atoms with Gasteiger partial charge in [-0.25, -0.2) is 4.99 Å². The number of guanidine groups is 1. The average molecular weight is 259 g/mol. The van der Waals surface area contributed by atoms with Crippen molar-refractivity contribution in [2.45, 2.75) is 32.7 Å². The molecule has 1 aromatic rings. The molecule has 19 heavy (non-hydrogen) atoms. The van der Waals surface area contributed by atoms with Gasteiger partial charge in [0.2, 0.25) is 0 Å². The Hall–Kier alpha value is -1.77. The van der Waals surface area contributed by atoms with Crippen molar-refractivity contribution in [2.75, 3.05) is 13.1 Å². The molecule has 2 N–H and O–H groups in total. The quantitative estimate of drug-likeness (QED) is 0.449. The van der Waals surface area contributed by atoms with Gasteiger partial charge in [0.05, 0.1) is 6.54 Å². The fraction of sp³-hybridized carbons (Fsp3) is 0.438. The predicted octanol–water partition coefficient (Wildman–Crippen LogP) is 2.75. The lowest BCUT2D eigenvalue weighted by molar-refractivity contribution is 0.594. The van der Waals surface area contributed by atoms with E-state index in [1.165, 1.54) is 5.56 Å². The van der Waals surface area contributed by atoms with Crippen molar-refractivity contribution in [3.05, 3.63) is 48.6 Å². The highest BCUT2D eigenvalue weighted by atomic mass is 15.2. The fourth-order valence-electron chi connectivity index (χ4n) is 1.81. The number of nitrogens with one attached hydrogen (secondary N) is 2. The molecule has 0 aromatic heterocycles. The molecule has 0 fully saturated rings. The molecule has 0 heterocycles. The first-order chi connectivity index (χ1) is 9.26. The summed E-state index contributed by atoms with van der Waals surface area (Å²) in [5, 5.41) is 6.65. The number of hydrogen-bond acceptors (Lipinski definition) is 1. The maximum absolute atomic E-state index is 4.40. The highest BCUT2D eigenvalue weighted by Gasteiger charge is 2.04. The van der Waals surface area contributed by atoms with Crippen molar-refractivity contribution in [1.82, 2.24) is 10.6 Å². The highest BCUT2D eigenvalue weighted by Crippen LogP contribution is 2.04. The summed E-state index contributed by atoms with van der Waals surface area (Å²) in [6.07, 6.45) is 3.96. The van der Waals surface area contributed by atoms with Crippen molar-refractivity contribution < 1.29 is 0 Å². The van der Waals surface area contributed by atoms with Crippen LogP contribution in [-0.2, 0) is 6.42 Å². The Bertz CT molecular complexity index is 384. The van der Waals surface area contributed by atoms with E-state index in [1.54, 1.807) is 6.08 Å². The standard InChI is InChI=1S/C16H25N3/c1-4-13-18-16(17-5-2)19-14(3)11-12-15-9-7-6-8-10-15/h4,6-10,14H,1,5,11-13H2,2-3H3,(H2,17,18,19). The molecule has 1 atom stereocenters. The Morgan fingerprint density at radius 1 is 1.37 bits per heavy atom. The van der Waals surface area contributed by atoms with Gasteiger partial charge in [0.25, 0.3) is 0 Å². The van der Waals surface area contributed by atoms with Gasteiger partial charge in [-0.05, 0) is 32.3 Å². The Labute approximate surface area is 116 Å². The number of aliphatic imine (C=N–C) groups is 1. The first-order valence-electron chi connectivity index (χ1n) is 6.96. The number of hydrogen-bond donors (Lipinski definition) is 2. The molecular weight excluding hydrogens is 234 g/mol. The first kappa shape index (κ1) is 15.3. The third kappa shape index (κ3) is 6.65. The summed E-state index contributed by atoms with van der Waals surface area (Å²) >= 11 is 0. The third-order valence-electron chi connectivity index (χ3n) is 2.81. The van der Waals surface area contributed by atoms with Crippen LogP contribution in [0.3, 0.4) is 0 Å². The zero-order chi connectivity index (χ0) is 13.9. The van der Waals surface area contributed by atoms with Gasteiger partial charge in [-0.15, -0.1) is 6.58 Å². The number of nitrogens with zero attached hydrogens (tertiary/aromatic N) is 1. The summed E-state index contributed by atoms with van der Waals surface area (Å²) in [6, 6.07) is 11.0. The van der Waals surface area contributed by atoms with E-state index in [9.17, 15) is 0 Å². The topological polar surface area (TPSA) is 36.4 Å². The van der Waals surface area contributed by atoms with E-state index in [0.29, 0.717) is 12.6 Å². The second kappa shape index (κ2) is 9.20. The van der Waals surface area contributed by atoms with E-state index in [4.69, 9.17) is 0 Å². The number of aryl methyl sites for hydroxylation is 1. The largest absolute Gasteiger partial charge is 0.357 e. The number of benzene rings is 1. The predicted molar refractivity (Wildman–Crippen MR) is 83.5 cm³/mol. The van der Waals surface area contributed by atoms with Gasteiger partial charge in [0, 0.05) is 12.6 Å². The van der Waals surface area contributed by atoms with Crippen LogP contribution in [0.15, 0.2) is 48.0 Å². The molecule has 0 saturated heterocycles. The van der Waals surface area contributed by atoms with Gasteiger partial charge in [0.1, 0.15) is 0 Å². The van der Waals surface area contributed by atoms with Crippen molar-refractivity contribution in [2.24, 2.45) is 4.99 Å². The van der Waals surface area contributed by atoms with E-state index < -0.39 is 0 Å². The van der Waals surface area contributed by atoms with Crippen molar-refractivity contribution in [1.29, 1.82) is 0 Å². The van der Waals surface area contributed by atoms with Crippen LogP contribution in [0.5, 0.6) is 0 Å². The molecule has 104 valence electrons. The maximum atomic E-state index is 4.40. The molecule has 0 aliphatic heterocycles. The SMILES string of the molecule is C=CCN=C(NCC)NC(C)CCc1ccccc1. The van der Waals surface area contributed by atoms with Crippen molar-refractivity contribution >= 4 is 5.96 Å². The lowest BCUT2D eigenvalue weighted by Crippen LogP contribution is -2.42. The second-order valence-electron chi connectivity index (χ2n) is 4.58. The summed E-state index contributed by atoms with van der Waals surface area (Å²) in [5.74, 6) is 0.864. The van der Waals surface area contributed by atoms with Gasteiger partial charge < -0.3 is 10.6 Å². The molecule has 1 rings (SSSR count). The Kier molecular flexibility index (Phi) is 7.40. The molecule has 0 spiro atoms. The molecule has 0 bridgehead atoms. The van der Waals surface area contributed by atoms with Crippen LogP contribution in [0, 0.1) is 0 Å². The molecule has 0 aliphatic carbocycles. The lowest BCUT2D eigenvalue weighted by Gasteiger charge is -2.17. The molecule has 1 aromatic carbocycles. The van der Waals surface area contributed by atoms with E-state index >= 15 is 0 Å². The Balaban J connectivity index is 2.39. The number of rotatable bonds is 7. The summed E-state index contributed by atoms with van der Waals surface area (Å²) in [5.41, 5.74) is 1.38. The van der Waals surface area contributed by atoms with E-state index in [-0.39, 0.29) is 0 Å². The van der Waals surface area contributed by atoms with Crippen LogP contribution in [0.2, 0.25) is 0 Å². The van der Waals surface area contributed by atoms with Crippen LogP contribution in [0.25, 0.3) is 0 Å². The summed E-state index contributed by atoms with van der Waals surface area (Å²) in [6.45, 7) is 9.45. The van der Waals surface area contributed by atoms with Gasteiger partial charge in [-0.2, -0.15) is 0 Å². The van der Waals surface area contributed by atoms with Crippen LogP contribution < -0.4 is 10.6 Å². The van der Waals surface area contributed by atoms with Crippen LogP contribution >= 0.6 is 0 Å². The molecule has 3 heteroatoms. The average Bonchev–Trinajstić information content (AvgIpc) is 2.44. The van der Waals surface area contributed by atoms with Gasteiger partial charge in [-0.3, -0.25) is 0 Å². The molecule has 0 radical (unpaired) electrons. The monoisotopic (exact) mass is 259 g/mol. The third-order valence-corrected chi connectivity index (χ3v) is 2.81. The van der Waals surface area contributed by atoms with E-state index in [2.05, 4.69) is 66.4 Å². The lowest BCUT2D eigenvalue weighted by atomic mass is 10.1. The molecule has 0 amide bonds. The zero-order valence-electron chi connectivity index (χ0n) is 12.0. The Morgan fingerprint density at radius 3 is 2.74 bits per heavy atom. The van der Waals surface area contributed by atoms with Crippen LogP contribution in [0.4, 0.5) is 0 Å². The van der Waals surface area contributed by atoms with E-state index in [0.717, 1.165) is 25.3 Å². The normalized spacial score (nSPS) is 12.8. The Morgan fingerprint density at radius 2 is 2.11 bits per heavy atom. The van der Waals surface area contributed by atoms with Crippen molar-refractivity contribution in [3.8, 4) is 0 Å². The van der Waals surface area contributed by atoms with Crippen LogP contribution in [-0.4, -0.2) is 25.1 Å². The van der Waals surface area contributed by atoms with E-state index in [1.807, 2.05) is 0 Å². The molecule has 1 unspecified atom stereocenters. The van der Waals surface area contributed by atoms with Gasteiger partial charge in [-0.1, -0.05) is 36.4 Å². The fourth-order valence-corrected chi connectivity index (χ4v) is 1.81. The highest BCUT2D eigenvalue weighted by molar-refractivity contribution is 5.80. The molecule has 0 aliphatic rings. The minimum atomic E-state index is 0.392.